The normalized spacial score (nSPS) is 11.2. The third kappa shape index (κ3) is 6.01. The Labute approximate surface area is 219 Å². The van der Waals surface area contributed by atoms with Crippen LogP contribution in [0.1, 0.15) is 16.7 Å². The Morgan fingerprint density at radius 2 is 1.92 bits per heavy atom. The fourth-order valence-corrected chi connectivity index (χ4v) is 4.21. The van der Waals surface area contributed by atoms with E-state index in [1.165, 1.54) is 13.2 Å². The molecule has 0 saturated heterocycles. The summed E-state index contributed by atoms with van der Waals surface area (Å²) in [5.41, 5.74) is 3.57. The fraction of sp³-hybridized carbons (Fsp3) is 0.143. The average molecular weight is 520 g/mol. The number of methoxy groups -OCH3 is 1. The van der Waals surface area contributed by atoms with Crippen LogP contribution in [0.4, 0.5) is 0 Å². The summed E-state index contributed by atoms with van der Waals surface area (Å²) in [5, 5.41) is 14.6. The Hall–Kier alpha value is -3.92. The summed E-state index contributed by atoms with van der Waals surface area (Å²) in [7, 11) is 1.52. The van der Waals surface area contributed by atoms with Crippen molar-refractivity contribution < 1.29 is 14.3 Å². The van der Waals surface area contributed by atoms with E-state index >= 15 is 0 Å². The van der Waals surface area contributed by atoms with Gasteiger partial charge in [-0.3, -0.25) is 4.79 Å². The lowest BCUT2D eigenvalue weighted by Crippen LogP contribution is -2.26. The van der Waals surface area contributed by atoms with Gasteiger partial charge in [0.1, 0.15) is 18.2 Å². The highest BCUT2D eigenvalue weighted by Gasteiger charge is 2.12. The van der Waals surface area contributed by atoms with Crippen LogP contribution in [-0.2, 0) is 17.8 Å². The Morgan fingerprint density at radius 3 is 2.69 bits per heavy atom. The van der Waals surface area contributed by atoms with E-state index in [1.807, 2.05) is 36.5 Å². The van der Waals surface area contributed by atoms with E-state index < -0.39 is 5.91 Å². The van der Waals surface area contributed by atoms with Gasteiger partial charge in [-0.15, -0.1) is 0 Å². The zero-order chi connectivity index (χ0) is 25.5. The first-order chi connectivity index (χ1) is 17.5. The lowest BCUT2D eigenvalue weighted by molar-refractivity contribution is -0.117. The van der Waals surface area contributed by atoms with Crippen LogP contribution in [0.3, 0.4) is 0 Å². The minimum atomic E-state index is -0.436. The molecule has 0 unspecified atom stereocenters. The molecule has 4 rings (SSSR count). The highest BCUT2D eigenvalue weighted by atomic mass is 35.5. The van der Waals surface area contributed by atoms with Gasteiger partial charge in [0.15, 0.2) is 11.5 Å². The summed E-state index contributed by atoms with van der Waals surface area (Å²) in [5.74, 6) is 0.530. The van der Waals surface area contributed by atoms with Gasteiger partial charge in [-0.05, 0) is 54.0 Å². The zero-order valence-electron chi connectivity index (χ0n) is 19.5. The van der Waals surface area contributed by atoms with Crippen LogP contribution in [0.5, 0.6) is 11.5 Å². The smallest absolute Gasteiger partial charge is 0.261 e. The SMILES string of the molecule is COc1cc(/C=C(/C#N)C(=O)NCCc2c[nH]c3ccccc23)ccc1OCc1ccc(Cl)cc1Cl. The van der Waals surface area contributed by atoms with Gasteiger partial charge < -0.3 is 19.8 Å². The predicted molar refractivity (Wildman–Crippen MR) is 142 cm³/mol. The number of nitrogens with one attached hydrogen (secondary N) is 2. The molecule has 3 aromatic carbocycles. The molecule has 2 N–H and O–H groups in total. The van der Waals surface area contributed by atoms with E-state index in [2.05, 4.69) is 10.3 Å². The van der Waals surface area contributed by atoms with Gasteiger partial charge in [0.25, 0.3) is 5.91 Å². The molecule has 8 heteroatoms. The van der Waals surface area contributed by atoms with Crippen LogP contribution in [-0.4, -0.2) is 24.5 Å². The summed E-state index contributed by atoms with van der Waals surface area (Å²) in [6.45, 7) is 0.632. The van der Waals surface area contributed by atoms with Gasteiger partial charge >= 0.3 is 0 Å². The van der Waals surface area contributed by atoms with Crippen molar-refractivity contribution in [2.45, 2.75) is 13.0 Å². The van der Waals surface area contributed by atoms with Gasteiger partial charge in [-0.25, -0.2) is 0 Å². The minimum Gasteiger partial charge on any atom is -0.493 e. The summed E-state index contributed by atoms with van der Waals surface area (Å²) in [6.07, 6.45) is 4.10. The number of aromatic amines is 1. The molecule has 182 valence electrons. The number of rotatable bonds is 9. The number of benzene rings is 3. The van der Waals surface area contributed by atoms with Crippen molar-refractivity contribution in [1.29, 1.82) is 5.26 Å². The van der Waals surface area contributed by atoms with E-state index in [0.29, 0.717) is 40.1 Å². The lowest BCUT2D eigenvalue weighted by atomic mass is 10.1. The quantitative estimate of drug-likeness (QED) is 0.200. The highest BCUT2D eigenvalue weighted by Crippen LogP contribution is 2.31. The first-order valence-corrected chi connectivity index (χ1v) is 11.9. The van der Waals surface area contributed by atoms with Gasteiger partial charge in [0.2, 0.25) is 0 Å². The number of carbonyl (C=O) groups is 1. The first-order valence-electron chi connectivity index (χ1n) is 11.2. The molecule has 0 atom stereocenters. The molecule has 1 amide bonds. The molecule has 1 aromatic heterocycles. The molecule has 0 spiro atoms. The van der Waals surface area contributed by atoms with Crippen molar-refractivity contribution in [3.8, 4) is 17.6 Å². The number of carbonyl (C=O) groups excluding carboxylic acids is 1. The van der Waals surface area contributed by atoms with Crippen LogP contribution < -0.4 is 14.8 Å². The van der Waals surface area contributed by atoms with E-state index in [0.717, 1.165) is 22.0 Å². The number of hydrogen-bond acceptors (Lipinski definition) is 4. The predicted octanol–water partition coefficient (Wildman–Crippen LogP) is 6.33. The Kier molecular flexibility index (Phi) is 8.17. The first kappa shape index (κ1) is 25.2. The molecule has 0 saturated carbocycles. The molecule has 6 nitrogen and oxygen atoms in total. The summed E-state index contributed by atoms with van der Waals surface area (Å²) >= 11 is 12.2. The molecule has 0 fully saturated rings. The topological polar surface area (TPSA) is 87.1 Å². The Balaban J connectivity index is 1.40. The van der Waals surface area contributed by atoms with Crippen LogP contribution in [0.2, 0.25) is 10.0 Å². The second-order valence-corrected chi connectivity index (χ2v) is 8.81. The lowest BCUT2D eigenvalue weighted by Gasteiger charge is -2.12. The van der Waals surface area contributed by atoms with Crippen LogP contribution in [0.25, 0.3) is 17.0 Å². The number of H-pyrrole nitrogens is 1. The number of ether oxygens (including phenoxy) is 2. The maximum Gasteiger partial charge on any atom is 0.261 e. The number of amides is 1. The molecule has 1 heterocycles. The molecular formula is C28H23Cl2N3O3. The number of para-hydroxylation sites is 1. The van der Waals surface area contributed by atoms with Crippen molar-refractivity contribution in [3.05, 3.63) is 99.2 Å². The molecule has 0 aliphatic heterocycles. The second-order valence-electron chi connectivity index (χ2n) is 7.97. The van der Waals surface area contributed by atoms with Gasteiger partial charge in [-0.2, -0.15) is 5.26 Å². The number of nitriles is 1. The molecule has 0 aliphatic carbocycles. The maximum atomic E-state index is 12.6. The van der Waals surface area contributed by atoms with Crippen LogP contribution in [0, 0.1) is 11.3 Å². The van der Waals surface area contributed by atoms with Gasteiger partial charge in [-0.1, -0.05) is 53.5 Å². The van der Waals surface area contributed by atoms with Crippen LogP contribution in [0.15, 0.2) is 72.4 Å². The van der Waals surface area contributed by atoms with Gasteiger partial charge in [0, 0.05) is 39.3 Å². The van der Waals surface area contributed by atoms with Crippen molar-refractivity contribution in [2.75, 3.05) is 13.7 Å². The summed E-state index contributed by atoms with van der Waals surface area (Å²) in [4.78, 5) is 15.8. The Morgan fingerprint density at radius 1 is 1.08 bits per heavy atom. The van der Waals surface area contributed by atoms with E-state index in [1.54, 1.807) is 36.4 Å². The third-order valence-electron chi connectivity index (χ3n) is 5.62. The molecule has 4 aromatic rings. The number of halogens is 2. The maximum absolute atomic E-state index is 12.6. The van der Waals surface area contributed by atoms with Crippen molar-refractivity contribution in [2.24, 2.45) is 0 Å². The number of aromatic nitrogens is 1. The van der Waals surface area contributed by atoms with E-state index in [-0.39, 0.29) is 12.2 Å². The molecule has 0 radical (unpaired) electrons. The number of nitrogens with zero attached hydrogens (tertiary/aromatic N) is 1. The van der Waals surface area contributed by atoms with Crippen molar-refractivity contribution in [3.63, 3.8) is 0 Å². The largest absolute Gasteiger partial charge is 0.493 e. The summed E-state index contributed by atoms with van der Waals surface area (Å²) < 4.78 is 11.3. The minimum absolute atomic E-state index is 0.00223. The Bertz CT molecular complexity index is 1470. The van der Waals surface area contributed by atoms with Gasteiger partial charge in [0.05, 0.1) is 7.11 Å². The highest BCUT2D eigenvalue weighted by molar-refractivity contribution is 6.35. The monoisotopic (exact) mass is 519 g/mol. The third-order valence-corrected chi connectivity index (χ3v) is 6.20. The van der Waals surface area contributed by atoms with E-state index in [4.69, 9.17) is 32.7 Å². The number of hydrogen-bond donors (Lipinski definition) is 2. The van der Waals surface area contributed by atoms with E-state index in [9.17, 15) is 10.1 Å². The standard InChI is InChI=1S/C28H23Cl2N3O3/c1-35-27-13-18(6-9-26(27)36-17-20-7-8-22(29)14-24(20)30)12-21(15-31)28(34)32-11-10-19-16-33-25-5-3-2-4-23(19)25/h2-9,12-14,16,33H,10-11,17H2,1H3,(H,32,34)/b21-12-. The zero-order valence-corrected chi connectivity index (χ0v) is 21.0. The average Bonchev–Trinajstić information content (AvgIpc) is 3.30. The molecular weight excluding hydrogens is 497 g/mol. The molecule has 0 aliphatic rings. The summed E-state index contributed by atoms with van der Waals surface area (Å²) in [6, 6.07) is 20.3. The molecule has 36 heavy (non-hydrogen) atoms. The van der Waals surface area contributed by atoms with Crippen LogP contribution >= 0.6 is 23.2 Å². The van der Waals surface area contributed by atoms with Crippen molar-refractivity contribution in [1.82, 2.24) is 10.3 Å². The second kappa shape index (κ2) is 11.7. The molecule has 0 bridgehead atoms. The fourth-order valence-electron chi connectivity index (χ4n) is 3.75. The van der Waals surface area contributed by atoms with Crippen molar-refractivity contribution >= 4 is 46.1 Å². The number of fused-ring (bicyclic) bond motifs is 1.